The average Bonchev–Trinajstić information content (AvgIpc) is 3.23. The molecular weight excluding hydrogens is 343 g/mol. The molecule has 1 fully saturated rings. The van der Waals surface area contributed by atoms with Crippen LogP contribution in [0, 0.1) is 19.7 Å². The number of hydrogen-bond acceptors (Lipinski definition) is 4. The number of benzene rings is 1. The van der Waals surface area contributed by atoms with Gasteiger partial charge in [-0.1, -0.05) is 0 Å². The Morgan fingerprint density at radius 3 is 2.78 bits per heavy atom. The number of likely N-dealkylation sites (tertiary alicyclic amines) is 1. The highest BCUT2D eigenvalue weighted by atomic mass is 19.1. The molecule has 3 heterocycles. The van der Waals surface area contributed by atoms with Crippen molar-refractivity contribution in [3.63, 3.8) is 0 Å². The summed E-state index contributed by atoms with van der Waals surface area (Å²) in [7, 11) is 0. The maximum absolute atomic E-state index is 13.1. The maximum Gasteiger partial charge on any atom is 0.123 e. The van der Waals surface area contributed by atoms with Crippen molar-refractivity contribution in [2.75, 3.05) is 13.1 Å². The van der Waals surface area contributed by atoms with E-state index in [0.717, 1.165) is 48.9 Å². The first kappa shape index (κ1) is 17.7. The standard InChI is InChI=1S/C21H23FN4O/c1-15-11-20(7-9-23-15)27-21-8-10-25(14-21)12-17-13-26(24-16(17)2)19-5-3-18(22)4-6-19/h3-7,9,11,13,21H,8,10,12,14H2,1-2H3. The van der Waals surface area contributed by atoms with E-state index in [4.69, 9.17) is 4.74 Å². The Hall–Kier alpha value is -2.73. The Morgan fingerprint density at radius 2 is 2.00 bits per heavy atom. The zero-order valence-corrected chi connectivity index (χ0v) is 15.6. The molecule has 3 aromatic rings. The minimum Gasteiger partial charge on any atom is -0.489 e. The van der Waals surface area contributed by atoms with Crippen LogP contribution < -0.4 is 4.74 Å². The highest BCUT2D eigenvalue weighted by molar-refractivity contribution is 5.33. The smallest absolute Gasteiger partial charge is 0.123 e. The number of ether oxygens (including phenoxy) is 1. The molecule has 1 aliphatic rings. The predicted octanol–water partition coefficient (Wildman–Crippen LogP) is 3.68. The third kappa shape index (κ3) is 4.17. The number of hydrogen-bond donors (Lipinski definition) is 0. The van der Waals surface area contributed by atoms with Gasteiger partial charge >= 0.3 is 0 Å². The number of nitrogens with zero attached hydrogens (tertiary/aromatic N) is 4. The van der Waals surface area contributed by atoms with Crippen LogP contribution in [-0.2, 0) is 6.54 Å². The van der Waals surface area contributed by atoms with Gasteiger partial charge in [-0.25, -0.2) is 9.07 Å². The van der Waals surface area contributed by atoms with E-state index in [-0.39, 0.29) is 11.9 Å². The summed E-state index contributed by atoms with van der Waals surface area (Å²) in [5.41, 5.74) is 4.00. The van der Waals surface area contributed by atoms with Crippen molar-refractivity contribution >= 4 is 0 Å². The van der Waals surface area contributed by atoms with Gasteiger partial charge in [-0.3, -0.25) is 9.88 Å². The molecule has 1 unspecified atom stereocenters. The summed E-state index contributed by atoms with van der Waals surface area (Å²) >= 11 is 0. The van der Waals surface area contributed by atoms with Gasteiger partial charge < -0.3 is 4.74 Å². The molecule has 5 nitrogen and oxygen atoms in total. The fourth-order valence-electron chi connectivity index (χ4n) is 3.44. The summed E-state index contributed by atoms with van der Waals surface area (Å²) in [6, 6.07) is 10.3. The third-order valence-electron chi connectivity index (χ3n) is 4.89. The summed E-state index contributed by atoms with van der Waals surface area (Å²) < 4.78 is 21.0. The number of pyridine rings is 1. The molecule has 140 valence electrons. The molecule has 0 bridgehead atoms. The van der Waals surface area contributed by atoms with Gasteiger partial charge in [-0.15, -0.1) is 0 Å². The summed E-state index contributed by atoms with van der Waals surface area (Å²) in [5.74, 6) is 0.644. The van der Waals surface area contributed by atoms with Crippen molar-refractivity contribution in [2.24, 2.45) is 0 Å². The zero-order valence-electron chi connectivity index (χ0n) is 15.6. The van der Waals surface area contributed by atoms with Crippen molar-refractivity contribution in [3.05, 3.63) is 71.6 Å². The molecule has 4 rings (SSSR count). The van der Waals surface area contributed by atoms with Crippen LogP contribution in [0.2, 0.25) is 0 Å². The van der Waals surface area contributed by atoms with Crippen molar-refractivity contribution in [3.8, 4) is 11.4 Å². The molecule has 0 spiro atoms. The quantitative estimate of drug-likeness (QED) is 0.691. The van der Waals surface area contributed by atoms with Gasteiger partial charge in [0, 0.05) is 49.4 Å². The second kappa shape index (κ2) is 7.48. The van der Waals surface area contributed by atoms with E-state index in [2.05, 4.69) is 15.0 Å². The van der Waals surface area contributed by atoms with Crippen molar-refractivity contribution < 1.29 is 9.13 Å². The number of aryl methyl sites for hydroxylation is 2. The molecule has 1 aliphatic heterocycles. The van der Waals surface area contributed by atoms with Gasteiger partial charge in [-0.05, 0) is 50.6 Å². The van der Waals surface area contributed by atoms with Crippen LogP contribution in [0.25, 0.3) is 5.69 Å². The Morgan fingerprint density at radius 1 is 1.19 bits per heavy atom. The third-order valence-corrected chi connectivity index (χ3v) is 4.89. The number of rotatable bonds is 5. The fraction of sp³-hybridized carbons (Fsp3) is 0.333. The minimum absolute atomic E-state index is 0.194. The fourth-order valence-corrected chi connectivity index (χ4v) is 3.44. The Bertz CT molecular complexity index is 922. The molecule has 2 aromatic heterocycles. The SMILES string of the molecule is Cc1cc(OC2CCN(Cc3cn(-c4ccc(F)cc4)nc3C)C2)ccn1. The molecule has 1 atom stereocenters. The monoisotopic (exact) mass is 366 g/mol. The van der Waals surface area contributed by atoms with Crippen molar-refractivity contribution in [1.82, 2.24) is 19.7 Å². The van der Waals surface area contributed by atoms with Crippen LogP contribution >= 0.6 is 0 Å². The van der Waals surface area contributed by atoms with Gasteiger partial charge in [0.05, 0.1) is 11.4 Å². The maximum atomic E-state index is 13.1. The topological polar surface area (TPSA) is 43.2 Å². The molecule has 6 heteroatoms. The van der Waals surface area contributed by atoms with Crippen LogP contribution in [0.4, 0.5) is 4.39 Å². The second-order valence-electron chi connectivity index (χ2n) is 7.06. The van der Waals surface area contributed by atoms with E-state index in [1.54, 1.807) is 18.3 Å². The van der Waals surface area contributed by atoms with Gasteiger partial charge in [-0.2, -0.15) is 5.10 Å². The zero-order chi connectivity index (χ0) is 18.8. The molecule has 0 N–H and O–H groups in total. The van der Waals surface area contributed by atoms with Crippen molar-refractivity contribution in [1.29, 1.82) is 0 Å². The summed E-state index contributed by atoms with van der Waals surface area (Å²) in [6.45, 7) is 6.70. The Balaban J connectivity index is 1.39. The number of halogens is 1. The van der Waals surface area contributed by atoms with Crippen LogP contribution in [0.15, 0.2) is 48.8 Å². The van der Waals surface area contributed by atoms with Crippen LogP contribution in [0.1, 0.15) is 23.4 Å². The van der Waals surface area contributed by atoms with E-state index in [1.165, 1.54) is 17.7 Å². The molecule has 0 saturated carbocycles. The highest BCUT2D eigenvalue weighted by Crippen LogP contribution is 2.21. The largest absolute Gasteiger partial charge is 0.489 e. The van der Waals surface area contributed by atoms with Crippen LogP contribution in [-0.4, -0.2) is 38.9 Å². The first-order valence-electron chi connectivity index (χ1n) is 9.19. The lowest BCUT2D eigenvalue weighted by molar-refractivity contribution is 0.198. The van der Waals surface area contributed by atoms with Crippen LogP contribution in [0.3, 0.4) is 0 Å². The van der Waals surface area contributed by atoms with Gasteiger partial charge in [0.25, 0.3) is 0 Å². The second-order valence-corrected chi connectivity index (χ2v) is 7.06. The van der Waals surface area contributed by atoms with E-state index >= 15 is 0 Å². The molecule has 27 heavy (non-hydrogen) atoms. The van der Waals surface area contributed by atoms with E-state index in [1.807, 2.05) is 36.9 Å². The lowest BCUT2D eigenvalue weighted by Gasteiger charge is -2.16. The molecule has 1 aromatic carbocycles. The van der Waals surface area contributed by atoms with Gasteiger partial charge in [0.2, 0.25) is 0 Å². The molecule has 1 saturated heterocycles. The van der Waals surface area contributed by atoms with Crippen LogP contribution in [0.5, 0.6) is 5.75 Å². The normalized spacial score (nSPS) is 17.4. The van der Waals surface area contributed by atoms with E-state index in [0.29, 0.717) is 0 Å². The molecule has 0 amide bonds. The van der Waals surface area contributed by atoms with E-state index in [9.17, 15) is 4.39 Å². The number of aromatic nitrogens is 3. The lowest BCUT2D eigenvalue weighted by Crippen LogP contribution is -2.24. The Kier molecular flexibility index (Phi) is 4.90. The molecule has 0 aliphatic carbocycles. The Labute approximate surface area is 158 Å². The first-order chi connectivity index (χ1) is 13.1. The first-order valence-corrected chi connectivity index (χ1v) is 9.19. The van der Waals surface area contributed by atoms with Gasteiger partial charge in [0.1, 0.15) is 17.7 Å². The molecular formula is C21H23FN4O. The van der Waals surface area contributed by atoms with Crippen molar-refractivity contribution in [2.45, 2.75) is 32.9 Å². The van der Waals surface area contributed by atoms with Gasteiger partial charge in [0.15, 0.2) is 0 Å². The highest BCUT2D eigenvalue weighted by Gasteiger charge is 2.25. The predicted molar refractivity (Wildman–Crippen MR) is 102 cm³/mol. The lowest BCUT2D eigenvalue weighted by atomic mass is 10.2. The molecule has 0 radical (unpaired) electrons. The summed E-state index contributed by atoms with van der Waals surface area (Å²) in [4.78, 5) is 6.59. The summed E-state index contributed by atoms with van der Waals surface area (Å²) in [6.07, 6.45) is 5.01. The average molecular weight is 366 g/mol. The summed E-state index contributed by atoms with van der Waals surface area (Å²) in [5, 5.41) is 4.58. The minimum atomic E-state index is -0.240. The van der Waals surface area contributed by atoms with E-state index < -0.39 is 0 Å².